The van der Waals surface area contributed by atoms with Crippen molar-refractivity contribution in [2.24, 2.45) is 0 Å². The lowest BCUT2D eigenvalue weighted by atomic mass is 10.3. The number of aromatic nitrogens is 2. The minimum atomic E-state index is -3.48. The Labute approximate surface area is 146 Å². The molecule has 1 unspecified atom stereocenters. The summed E-state index contributed by atoms with van der Waals surface area (Å²) in [7, 11) is -2.00. The Morgan fingerprint density at radius 2 is 2.04 bits per heavy atom. The van der Waals surface area contributed by atoms with Gasteiger partial charge in [0, 0.05) is 18.9 Å². The second-order valence-corrected chi connectivity index (χ2v) is 9.45. The minimum absolute atomic E-state index is 0.275. The van der Waals surface area contributed by atoms with Gasteiger partial charge in [-0.25, -0.2) is 18.4 Å². The molecule has 124 valence electrons. The van der Waals surface area contributed by atoms with E-state index >= 15 is 0 Å². The molecule has 2 aromatic rings. The lowest BCUT2D eigenvalue weighted by Crippen LogP contribution is -2.30. The quantitative estimate of drug-likeness (QED) is 0.738. The van der Waals surface area contributed by atoms with E-state index in [-0.39, 0.29) is 24.4 Å². The fraction of sp³-hybridized carbons (Fsp3) is 0.385. The van der Waals surface area contributed by atoms with Crippen LogP contribution in [0, 0.1) is 0 Å². The summed E-state index contributed by atoms with van der Waals surface area (Å²) >= 11 is 4.48. The number of nitrogens with zero attached hydrogens (tertiary/aromatic N) is 3. The monoisotopic (exact) mass is 419 g/mol. The van der Waals surface area contributed by atoms with Crippen LogP contribution < -0.4 is 9.47 Å². The third kappa shape index (κ3) is 3.49. The predicted octanol–water partition coefficient (Wildman–Crippen LogP) is 2.15. The maximum absolute atomic E-state index is 12.6. The van der Waals surface area contributed by atoms with Crippen molar-refractivity contribution in [2.45, 2.75) is 16.7 Å². The molecule has 0 aliphatic carbocycles. The van der Waals surface area contributed by atoms with Gasteiger partial charge in [0.15, 0.2) is 0 Å². The molecule has 0 N–H and O–H groups in total. The van der Waals surface area contributed by atoms with Crippen LogP contribution in [0.25, 0.3) is 0 Å². The first-order chi connectivity index (χ1) is 11.0. The van der Waals surface area contributed by atoms with Gasteiger partial charge in [0.05, 0.1) is 17.4 Å². The van der Waals surface area contributed by atoms with Gasteiger partial charge in [-0.15, -0.1) is 11.3 Å². The number of rotatable bonds is 5. The van der Waals surface area contributed by atoms with E-state index in [0.717, 1.165) is 3.79 Å². The van der Waals surface area contributed by atoms with Crippen molar-refractivity contribution in [1.82, 2.24) is 14.3 Å². The van der Waals surface area contributed by atoms with Crippen LogP contribution in [0.15, 0.2) is 32.5 Å². The van der Waals surface area contributed by atoms with Crippen molar-refractivity contribution in [3.8, 4) is 11.8 Å². The van der Waals surface area contributed by atoms with Gasteiger partial charge < -0.3 is 9.47 Å². The summed E-state index contributed by atoms with van der Waals surface area (Å²) < 4.78 is 38.5. The van der Waals surface area contributed by atoms with E-state index in [9.17, 15) is 8.42 Å². The fourth-order valence-electron chi connectivity index (χ4n) is 2.27. The number of hydrogen-bond donors (Lipinski definition) is 0. The van der Waals surface area contributed by atoms with Crippen LogP contribution in [0.1, 0.15) is 6.42 Å². The molecular weight excluding hydrogens is 406 g/mol. The van der Waals surface area contributed by atoms with Gasteiger partial charge in [0.1, 0.15) is 10.3 Å². The standard InChI is InChI=1S/C13H14BrN3O4S2/c1-20-12-13(16-6-5-15-12)21-9-4-7-17(8-9)23(18,19)11-3-2-10(14)22-11/h2-3,5-6,9H,4,7-8H2,1H3. The molecule has 3 rings (SSSR count). The maximum Gasteiger partial charge on any atom is 0.278 e. The Balaban J connectivity index is 1.71. The summed E-state index contributed by atoms with van der Waals surface area (Å²) in [5.74, 6) is 0.564. The fourth-order valence-corrected chi connectivity index (χ4v) is 5.92. The van der Waals surface area contributed by atoms with Crippen molar-refractivity contribution in [1.29, 1.82) is 0 Å². The third-order valence-electron chi connectivity index (χ3n) is 3.36. The van der Waals surface area contributed by atoms with E-state index in [1.165, 1.54) is 35.1 Å². The number of hydrogen-bond acceptors (Lipinski definition) is 7. The smallest absolute Gasteiger partial charge is 0.278 e. The van der Waals surface area contributed by atoms with Crippen LogP contribution in [-0.2, 0) is 10.0 Å². The number of thiophene rings is 1. The Morgan fingerprint density at radius 1 is 1.30 bits per heavy atom. The van der Waals surface area contributed by atoms with Crippen LogP contribution in [-0.4, -0.2) is 49.0 Å². The molecule has 0 spiro atoms. The van der Waals surface area contributed by atoms with Gasteiger partial charge in [-0.05, 0) is 34.5 Å². The Kier molecular flexibility index (Phi) is 4.85. The lowest BCUT2D eigenvalue weighted by molar-refractivity contribution is 0.194. The van der Waals surface area contributed by atoms with Gasteiger partial charge in [0.25, 0.3) is 21.8 Å². The molecule has 10 heteroatoms. The van der Waals surface area contributed by atoms with Crippen molar-refractivity contribution < 1.29 is 17.9 Å². The van der Waals surface area contributed by atoms with Gasteiger partial charge in [-0.3, -0.25) is 0 Å². The summed E-state index contributed by atoms with van der Waals surface area (Å²) in [5, 5.41) is 0. The molecule has 0 radical (unpaired) electrons. The van der Waals surface area contributed by atoms with Crippen LogP contribution in [0.5, 0.6) is 11.8 Å². The van der Waals surface area contributed by atoms with Gasteiger partial charge in [0.2, 0.25) is 0 Å². The largest absolute Gasteiger partial charge is 0.477 e. The highest BCUT2D eigenvalue weighted by Crippen LogP contribution is 2.31. The molecular formula is C13H14BrN3O4S2. The molecule has 1 fully saturated rings. The van der Waals surface area contributed by atoms with Gasteiger partial charge in [-0.1, -0.05) is 0 Å². The number of ether oxygens (including phenoxy) is 2. The number of methoxy groups -OCH3 is 1. The Bertz CT molecular complexity index is 796. The lowest BCUT2D eigenvalue weighted by Gasteiger charge is -2.16. The first-order valence-electron chi connectivity index (χ1n) is 6.78. The topological polar surface area (TPSA) is 81.6 Å². The molecule has 0 bridgehead atoms. The summed E-state index contributed by atoms with van der Waals surface area (Å²) in [6.45, 7) is 0.683. The molecule has 0 amide bonds. The molecule has 2 aromatic heterocycles. The molecule has 0 aromatic carbocycles. The highest BCUT2D eigenvalue weighted by Gasteiger charge is 2.35. The van der Waals surface area contributed by atoms with Crippen molar-refractivity contribution in [3.05, 3.63) is 28.3 Å². The Hall–Kier alpha value is -1.23. The van der Waals surface area contributed by atoms with E-state index in [4.69, 9.17) is 9.47 Å². The zero-order valence-corrected chi connectivity index (χ0v) is 15.4. The van der Waals surface area contributed by atoms with Gasteiger partial charge >= 0.3 is 0 Å². The molecule has 1 atom stereocenters. The van der Waals surface area contributed by atoms with Crippen molar-refractivity contribution in [2.75, 3.05) is 20.2 Å². The highest BCUT2D eigenvalue weighted by molar-refractivity contribution is 9.11. The molecule has 1 saturated heterocycles. The highest BCUT2D eigenvalue weighted by atomic mass is 79.9. The third-order valence-corrected chi connectivity index (χ3v) is 7.31. The zero-order valence-electron chi connectivity index (χ0n) is 12.2. The van der Waals surface area contributed by atoms with Crippen molar-refractivity contribution in [3.63, 3.8) is 0 Å². The predicted molar refractivity (Wildman–Crippen MR) is 88.4 cm³/mol. The molecule has 1 aliphatic rings. The molecule has 7 nitrogen and oxygen atoms in total. The van der Waals surface area contributed by atoms with Crippen LogP contribution in [0.4, 0.5) is 0 Å². The zero-order chi connectivity index (χ0) is 16.4. The van der Waals surface area contributed by atoms with E-state index in [1.54, 1.807) is 12.1 Å². The molecule has 1 aliphatic heterocycles. The van der Waals surface area contributed by atoms with E-state index in [0.29, 0.717) is 17.2 Å². The van der Waals surface area contributed by atoms with Gasteiger partial charge in [-0.2, -0.15) is 4.31 Å². The van der Waals surface area contributed by atoms with E-state index < -0.39 is 10.0 Å². The Morgan fingerprint density at radius 3 is 2.70 bits per heavy atom. The minimum Gasteiger partial charge on any atom is -0.477 e. The average Bonchev–Trinajstić information content (AvgIpc) is 3.17. The van der Waals surface area contributed by atoms with Crippen LogP contribution in [0.3, 0.4) is 0 Å². The molecule has 0 saturated carbocycles. The normalized spacial score (nSPS) is 19.0. The number of sulfonamides is 1. The summed E-state index contributed by atoms with van der Waals surface area (Å²) in [4.78, 5) is 8.09. The average molecular weight is 420 g/mol. The maximum atomic E-state index is 12.6. The van der Waals surface area contributed by atoms with Crippen molar-refractivity contribution >= 4 is 37.3 Å². The second-order valence-electron chi connectivity index (χ2n) is 4.82. The number of halogens is 1. The first kappa shape index (κ1) is 16.6. The summed E-state index contributed by atoms with van der Waals surface area (Å²) in [6, 6.07) is 3.33. The summed E-state index contributed by atoms with van der Waals surface area (Å²) in [6.07, 6.45) is 3.32. The van der Waals surface area contributed by atoms with E-state index in [2.05, 4.69) is 25.9 Å². The molecule has 3 heterocycles. The molecule has 23 heavy (non-hydrogen) atoms. The van der Waals surface area contributed by atoms with Crippen LogP contribution >= 0.6 is 27.3 Å². The van der Waals surface area contributed by atoms with E-state index in [1.807, 2.05) is 0 Å². The SMILES string of the molecule is COc1nccnc1OC1CCN(S(=O)(=O)c2ccc(Br)s2)C1. The summed E-state index contributed by atoms with van der Waals surface area (Å²) in [5.41, 5.74) is 0. The first-order valence-corrected chi connectivity index (χ1v) is 9.83. The van der Waals surface area contributed by atoms with Crippen LogP contribution in [0.2, 0.25) is 0 Å². The second kappa shape index (κ2) is 6.71.